The standard InChI is InChI=1S/C23H21ClN4O2.C19H13ClN4O2/c1-15(2)14-30-18(29)13-28-23-19(21(27-28)16-9-5-3-6-10-16)20(24)22(25-26-23)17-11-7-4-8-12-17;20-16-15-17(12-7-3-1-4-8-12)23-24(11-14(25)26)19(15)22-21-18(16)13-9-5-2-6-10-13/h3-12,15H,13-14H2,1-2H3;1-10H,11H2,(H,25,26). The van der Waals surface area contributed by atoms with Gasteiger partial charge in [-0.25, -0.2) is 9.36 Å². The lowest BCUT2D eigenvalue weighted by Gasteiger charge is -2.08. The van der Waals surface area contributed by atoms with E-state index >= 15 is 0 Å². The van der Waals surface area contributed by atoms with Crippen LogP contribution in [0.15, 0.2) is 121 Å². The quantitative estimate of drug-likeness (QED) is 0.133. The molecule has 1 N–H and O–H groups in total. The van der Waals surface area contributed by atoms with E-state index in [2.05, 4.69) is 30.6 Å². The van der Waals surface area contributed by atoms with E-state index in [4.69, 9.17) is 33.0 Å². The Morgan fingerprint density at radius 1 is 0.571 bits per heavy atom. The lowest BCUT2D eigenvalue weighted by Crippen LogP contribution is -2.17. The molecular weight excluding hydrogens is 751 g/mol. The van der Waals surface area contributed by atoms with Crippen LogP contribution in [-0.2, 0) is 27.4 Å². The van der Waals surface area contributed by atoms with Gasteiger partial charge in [-0.1, -0.05) is 158 Å². The number of halogens is 2. The Kier molecular flexibility index (Phi) is 11.4. The van der Waals surface area contributed by atoms with E-state index in [1.54, 1.807) is 0 Å². The third-order valence-electron chi connectivity index (χ3n) is 8.53. The van der Waals surface area contributed by atoms with E-state index in [9.17, 15) is 9.59 Å². The summed E-state index contributed by atoms with van der Waals surface area (Å²) in [5, 5.41) is 37.5. The first-order valence-corrected chi connectivity index (χ1v) is 18.4. The molecule has 4 heterocycles. The van der Waals surface area contributed by atoms with Crippen molar-refractivity contribution in [1.82, 2.24) is 40.0 Å². The van der Waals surface area contributed by atoms with E-state index in [0.29, 0.717) is 61.5 Å². The number of carbonyl (C=O) groups is 2. The van der Waals surface area contributed by atoms with Gasteiger partial charge in [0.15, 0.2) is 11.3 Å². The maximum Gasteiger partial charge on any atom is 0.327 e. The number of hydrogen-bond acceptors (Lipinski definition) is 9. The fourth-order valence-electron chi connectivity index (χ4n) is 5.97. The molecule has 14 heteroatoms. The van der Waals surface area contributed by atoms with Gasteiger partial charge in [-0.05, 0) is 5.92 Å². The van der Waals surface area contributed by atoms with Gasteiger partial charge in [-0.3, -0.25) is 9.59 Å². The molecule has 0 aliphatic carbocycles. The first-order chi connectivity index (χ1) is 27.2. The van der Waals surface area contributed by atoms with Gasteiger partial charge >= 0.3 is 11.9 Å². The van der Waals surface area contributed by atoms with Gasteiger partial charge in [-0.2, -0.15) is 10.2 Å². The van der Waals surface area contributed by atoms with Crippen LogP contribution >= 0.6 is 23.2 Å². The minimum absolute atomic E-state index is 0.0637. The van der Waals surface area contributed by atoms with E-state index < -0.39 is 5.97 Å². The van der Waals surface area contributed by atoms with E-state index in [1.807, 2.05) is 135 Å². The number of carbonyl (C=O) groups excluding carboxylic acids is 1. The first-order valence-electron chi connectivity index (χ1n) is 17.6. The van der Waals surface area contributed by atoms with Crippen molar-refractivity contribution in [1.29, 1.82) is 0 Å². The Labute approximate surface area is 331 Å². The Hall–Kier alpha value is -6.50. The van der Waals surface area contributed by atoms with Crippen LogP contribution in [0.5, 0.6) is 0 Å². The second-order valence-corrected chi connectivity index (χ2v) is 13.8. The lowest BCUT2D eigenvalue weighted by molar-refractivity contribution is -0.145. The van der Waals surface area contributed by atoms with Crippen molar-refractivity contribution in [2.24, 2.45) is 5.92 Å². The van der Waals surface area contributed by atoms with Gasteiger partial charge in [0.1, 0.15) is 35.9 Å². The molecule has 0 aliphatic rings. The predicted octanol–water partition coefficient (Wildman–Crippen LogP) is 8.91. The molecule has 8 rings (SSSR count). The Bertz CT molecular complexity index is 2640. The van der Waals surface area contributed by atoms with Crippen LogP contribution in [0.2, 0.25) is 10.0 Å². The molecule has 12 nitrogen and oxygen atoms in total. The summed E-state index contributed by atoms with van der Waals surface area (Å²) in [4.78, 5) is 23.5. The normalized spacial score (nSPS) is 11.1. The number of ether oxygens (including phenoxy) is 1. The Morgan fingerprint density at radius 3 is 1.29 bits per heavy atom. The second-order valence-electron chi connectivity index (χ2n) is 13.1. The largest absolute Gasteiger partial charge is 0.480 e. The molecule has 0 saturated carbocycles. The van der Waals surface area contributed by atoms with Crippen LogP contribution in [0.3, 0.4) is 0 Å². The van der Waals surface area contributed by atoms with Crippen molar-refractivity contribution in [3.05, 3.63) is 131 Å². The fourth-order valence-corrected chi connectivity index (χ4v) is 6.61. The zero-order valence-corrected chi connectivity index (χ0v) is 31.8. The van der Waals surface area contributed by atoms with Gasteiger partial charge in [0.2, 0.25) is 0 Å². The minimum Gasteiger partial charge on any atom is -0.480 e. The average molecular weight is 786 g/mol. The van der Waals surface area contributed by atoms with Crippen molar-refractivity contribution < 1.29 is 19.4 Å². The highest BCUT2D eigenvalue weighted by molar-refractivity contribution is 6.39. The highest BCUT2D eigenvalue weighted by atomic mass is 35.5. The number of esters is 1. The molecule has 56 heavy (non-hydrogen) atoms. The third-order valence-corrected chi connectivity index (χ3v) is 9.26. The van der Waals surface area contributed by atoms with Crippen molar-refractivity contribution in [3.63, 3.8) is 0 Å². The zero-order valence-electron chi connectivity index (χ0n) is 30.3. The SMILES string of the molecule is CC(C)COC(=O)Cn1nc(-c2ccccc2)c2c(Cl)c(-c3ccccc3)nnc21.O=C(O)Cn1nc(-c2ccccc2)c2c(Cl)c(-c3ccccc3)nnc21. The monoisotopic (exact) mass is 784 g/mol. The van der Waals surface area contributed by atoms with Crippen LogP contribution < -0.4 is 0 Å². The number of carboxylic acids is 1. The molecule has 0 radical (unpaired) electrons. The summed E-state index contributed by atoms with van der Waals surface area (Å²) in [7, 11) is 0. The molecule has 4 aromatic heterocycles. The van der Waals surface area contributed by atoms with Gasteiger partial charge in [0.25, 0.3) is 0 Å². The van der Waals surface area contributed by atoms with Crippen LogP contribution in [0, 0.1) is 5.92 Å². The van der Waals surface area contributed by atoms with Crippen molar-refractivity contribution >= 4 is 57.2 Å². The average Bonchev–Trinajstić information content (AvgIpc) is 3.78. The van der Waals surface area contributed by atoms with Crippen LogP contribution in [0.4, 0.5) is 0 Å². The molecule has 0 unspecified atom stereocenters. The second kappa shape index (κ2) is 16.9. The Morgan fingerprint density at radius 2 is 0.929 bits per heavy atom. The lowest BCUT2D eigenvalue weighted by atomic mass is 10.1. The number of fused-ring (bicyclic) bond motifs is 2. The number of rotatable bonds is 10. The molecule has 0 amide bonds. The zero-order chi connectivity index (χ0) is 39.2. The van der Waals surface area contributed by atoms with E-state index in [-0.39, 0.29) is 25.0 Å². The number of carboxylic acid groups (broad SMARTS) is 1. The summed E-state index contributed by atoms with van der Waals surface area (Å²) in [5.41, 5.74) is 6.53. The molecule has 0 aliphatic heterocycles. The minimum atomic E-state index is -1.01. The summed E-state index contributed by atoms with van der Waals surface area (Å²) in [6, 6.07) is 38.3. The number of aromatic nitrogens is 8. The highest BCUT2D eigenvalue weighted by Crippen LogP contribution is 2.38. The van der Waals surface area contributed by atoms with Crippen LogP contribution in [-0.4, -0.2) is 63.6 Å². The topological polar surface area (TPSA) is 151 Å². The molecular formula is C42H34Cl2N8O4. The van der Waals surface area contributed by atoms with Crippen LogP contribution in [0.25, 0.3) is 67.1 Å². The molecule has 0 fully saturated rings. The Balaban J connectivity index is 0.000000173. The molecule has 0 atom stereocenters. The van der Waals surface area contributed by atoms with E-state index in [1.165, 1.54) is 9.36 Å². The third kappa shape index (κ3) is 8.12. The van der Waals surface area contributed by atoms with Crippen molar-refractivity contribution in [3.8, 4) is 45.0 Å². The molecule has 0 spiro atoms. The summed E-state index contributed by atoms with van der Waals surface area (Å²) in [6.07, 6.45) is 0. The van der Waals surface area contributed by atoms with Gasteiger partial charge in [0.05, 0.1) is 27.4 Å². The van der Waals surface area contributed by atoms with Gasteiger partial charge < -0.3 is 9.84 Å². The maximum atomic E-state index is 12.3. The fraction of sp³-hybridized carbons (Fsp3) is 0.143. The molecule has 0 saturated heterocycles. The number of hydrogen-bond donors (Lipinski definition) is 1. The smallest absolute Gasteiger partial charge is 0.327 e. The summed E-state index contributed by atoms with van der Waals surface area (Å²) in [6.45, 7) is 3.94. The van der Waals surface area contributed by atoms with Gasteiger partial charge in [-0.15, -0.1) is 20.4 Å². The summed E-state index contributed by atoms with van der Waals surface area (Å²) in [5.74, 6) is -1.14. The molecule has 8 aromatic rings. The summed E-state index contributed by atoms with van der Waals surface area (Å²) < 4.78 is 8.13. The van der Waals surface area contributed by atoms with Gasteiger partial charge in [0, 0.05) is 22.3 Å². The first kappa shape index (κ1) is 37.8. The van der Waals surface area contributed by atoms with Crippen LogP contribution in [0.1, 0.15) is 13.8 Å². The van der Waals surface area contributed by atoms with E-state index in [0.717, 1.165) is 22.3 Å². The maximum absolute atomic E-state index is 12.3. The molecule has 4 aromatic carbocycles. The van der Waals surface area contributed by atoms with Crippen molar-refractivity contribution in [2.75, 3.05) is 6.61 Å². The number of nitrogens with zero attached hydrogens (tertiary/aromatic N) is 8. The van der Waals surface area contributed by atoms with Crippen molar-refractivity contribution in [2.45, 2.75) is 26.9 Å². The highest BCUT2D eigenvalue weighted by Gasteiger charge is 2.24. The predicted molar refractivity (Wildman–Crippen MR) is 216 cm³/mol. The number of aliphatic carboxylic acids is 1. The molecule has 280 valence electrons. The number of benzene rings is 4. The molecule has 0 bridgehead atoms. The summed E-state index contributed by atoms with van der Waals surface area (Å²) >= 11 is 13.5.